The van der Waals surface area contributed by atoms with Gasteiger partial charge in [0.1, 0.15) is 18.7 Å². The highest BCUT2D eigenvalue weighted by molar-refractivity contribution is 5.90. The molecule has 0 aliphatic heterocycles. The zero-order chi connectivity index (χ0) is 24.8. The van der Waals surface area contributed by atoms with Crippen LogP contribution in [0.3, 0.4) is 0 Å². The van der Waals surface area contributed by atoms with E-state index in [4.69, 9.17) is 9.47 Å². The molecule has 0 unspecified atom stereocenters. The molecule has 0 radical (unpaired) electrons. The first-order chi connectivity index (χ1) is 16.3. The van der Waals surface area contributed by atoms with Crippen LogP contribution in [0.25, 0.3) is 11.1 Å². The maximum absolute atomic E-state index is 13.0. The Morgan fingerprint density at radius 3 is 1.94 bits per heavy atom. The van der Waals surface area contributed by atoms with E-state index >= 15 is 0 Å². The van der Waals surface area contributed by atoms with Gasteiger partial charge in [0.25, 0.3) is 0 Å². The molecule has 2 aromatic carbocycles. The first kappa shape index (κ1) is 25.3. The minimum Gasteiger partial charge on any atom is -0.467 e. The molecule has 0 saturated carbocycles. The van der Waals surface area contributed by atoms with Crippen molar-refractivity contribution in [1.82, 2.24) is 10.6 Å². The van der Waals surface area contributed by atoms with Crippen molar-refractivity contribution in [2.24, 2.45) is 11.8 Å². The number of alkyl carbamates (subject to hydrolysis) is 1. The van der Waals surface area contributed by atoms with E-state index in [1.807, 2.05) is 52.0 Å². The average molecular weight is 467 g/mol. The van der Waals surface area contributed by atoms with Crippen molar-refractivity contribution in [3.05, 3.63) is 59.7 Å². The summed E-state index contributed by atoms with van der Waals surface area (Å²) in [5.74, 6) is -1.35. The number of carbonyl (C=O) groups excluding carboxylic acids is 3. The molecule has 2 aromatic rings. The van der Waals surface area contributed by atoms with Gasteiger partial charge in [-0.1, -0.05) is 82.6 Å². The second-order valence-electron chi connectivity index (χ2n) is 9.09. The van der Waals surface area contributed by atoms with Crippen molar-refractivity contribution >= 4 is 18.0 Å². The van der Waals surface area contributed by atoms with Gasteiger partial charge in [-0.15, -0.1) is 0 Å². The summed E-state index contributed by atoms with van der Waals surface area (Å²) < 4.78 is 10.4. The topological polar surface area (TPSA) is 93.7 Å². The molecule has 0 heterocycles. The fraction of sp³-hybridized carbons (Fsp3) is 0.444. The summed E-state index contributed by atoms with van der Waals surface area (Å²) >= 11 is 0. The average Bonchev–Trinajstić information content (AvgIpc) is 3.17. The summed E-state index contributed by atoms with van der Waals surface area (Å²) in [4.78, 5) is 37.9. The Hall–Kier alpha value is -3.35. The van der Waals surface area contributed by atoms with Gasteiger partial charge in [-0.2, -0.15) is 0 Å². The lowest BCUT2D eigenvalue weighted by atomic mass is 9.97. The minimum atomic E-state index is -0.841. The third kappa shape index (κ3) is 5.41. The Bertz CT molecular complexity index is 990. The van der Waals surface area contributed by atoms with Crippen LogP contribution in [0.2, 0.25) is 0 Å². The quantitative estimate of drug-likeness (QED) is 0.539. The van der Waals surface area contributed by atoms with Gasteiger partial charge in [-0.05, 0) is 34.1 Å². The molecule has 3 atom stereocenters. The van der Waals surface area contributed by atoms with Crippen molar-refractivity contribution in [3.63, 3.8) is 0 Å². The van der Waals surface area contributed by atoms with Crippen LogP contribution in [0.1, 0.15) is 51.2 Å². The van der Waals surface area contributed by atoms with Gasteiger partial charge in [-0.3, -0.25) is 4.79 Å². The van der Waals surface area contributed by atoms with E-state index in [0.29, 0.717) is 6.42 Å². The van der Waals surface area contributed by atoms with E-state index in [1.54, 1.807) is 0 Å². The van der Waals surface area contributed by atoms with Crippen molar-refractivity contribution in [2.45, 2.75) is 52.1 Å². The number of amides is 2. The monoisotopic (exact) mass is 466 g/mol. The van der Waals surface area contributed by atoms with E-state index in [-0.39, 0.29) is 24.4 Å². The molecule has 0 saturated heterocycles. The van der Waals surface area contributed by atoms with Crippen molar-refractivity contribution < 1.29 is 23.9 Å². The van der Waals surface area contributed by atoms with E-state index in [2.05, 4.69) is 34.9 Å². The first-order valence-electron chi connectivity index (χ1n) is 11.8. The molecule has 0 fully saturated rings. The standard InChI is InChI=1S/C27H34N2O5/c1-6-17(4)24(25(30)28-23(16(2)3)26(31)33-5)29-27(32)34-15-22-20-13-9-7-11-18(20)19-12-8-10-14-21(19)22/h7-14,16-17,22-24H,6,15H2,1-5H3,(H,28,30)(H,29,32)/t17-,23-,24-/m0/s1. The zero-order valence-electron chi connectivity index (χ0n) is 20.5. The molecule has 2 amide bonds. The number of ether oxygens (including phenoxy) is 2. The molecule has 3 rings (SSSR count). The third-order valence-corrected chi connectivity index (χ3v) is 6.53. The molecule has 0 spiro atoms. The molecule has 7 heteroatoms. The van der Waals surface area contributed by atoms with Crippen molar-refractivity contribution in [1.29, 1.82) is 0 Å². The Kier molecular flexibility index (Phi) is 8.31. The summed E-state index contributed by atoms with van der Waals surface area (Å²) in [5.41, 5.74) is 4.52. The van der Waals surface area contributed by atoms with Gasteiger partial charge >= 0.3 is 12.1 Å². The Labute approximate surface area is 201 Å². The van der Waals surface area contributed by atoms with Crippen LogP contribution < -0.4 is 10.6 Å². The normalized spacial score (nSPS) is 15.0. The molecule has 34 heavy (non-hydrogen) atoms. The number of carbonyl (C=O) groups is 3. The van der Waals surface area contributed by atoms with E-state index in [1.165, 1.54) is 7.11 Å². The summed E-state index contributed by atoms with van der Waals surface area (Å²) in [6, 6.07) is 14.6. The lowest BCUT2D eigenvalue weighted by molar-refractivity contribution is -0.146. The number of hydrogen-bond acceptors (Lipinski definition) is 5. The number of benzene rings is 2. The summed E-state index contributed by atoms with van der Waals surface area (Å²) in [7, 11) is 1.28. The van der Waals surface area contributed by atoms with Gasteiger partial charge < -0.3 is 20.1 Å². The van der Waals surface area contributed by atoms with Crippen LogP contribution in [0, 0.1) is 11.8 Å². The third-order valence-electron chi connectivity index (χ3n) is 6.53. The number of fused-ring (bicyclic) bond motifs is 3. The molecule has 1 aliphatic carbocycles. The number of hydrogen-bond donors (Lipinski definition) is 2. The highest BCUT2D eigenvalue weighted by Crippen LogP contribution is 2.44. The highest BCUT2D eigenvalue weighted by atomic mass is 16.5. The molecule has 0 aromatic heterocycles. The molecule has 1 aliphatic rings. The van der Waals surface area contributed by atoms with Crippen LogP contribution in [0.5, 0.6) is 0 Å². The lowest BCUT2D eigenvalue weighted by Crippen LogP contribution is -2.55. The second-order valence-corrected chi connectivity index (χ2v) is 9.09. The van der Waals surface area contributed by atoms with Gasteiger partial charge in [0.2, 0.25) is 5.91 Å². The Morgan fingerprint density at radius 1 is 0.882 bits per heavy atom. The van der Waals surface area contributed by atoms with Crippen LogP contribution in [-0.2, 0) is 19.1 Å². The van der Waals surface area contributed by atoms with Gasteiger partial charge in [0, 0.05) is 5.92 Å². The number of nitrogens with one attached hydrogen (secondary N) is 2. The molecular weight excluding hydrogens is 432 g/mol. The summed E-state index contributed by atoms with van der Waals surface area (Å²) in [5, 5.41) is 5.44. The first-order valence-corrected chi connectivity index (χ1v) is 11.8. The minimum absolute atomic E-state index is 0.0707. The summed E-state index contributed by atoms with van der Waals surface area (Å²) in [6.07, 6.45) is -0.00626. The van der Waals surface area contributed by atoms with Crippen LogP contribution in [-0.4, -0.2) is 43.8 Å². The second kappa shape index (κ2) is 11.2. The number of esters is 1. The largest absolute Gasteiger partial charge is 0.467 e. The fourth-order valence-corrected chi connectivity index (χ4v) is 4.34. The molecule has 7 nitrogen and oxygen atoms in total. The smallest absolute Gasteiger partial charge is 0.407 e. The molecule has 2 N–H and O–H groups in total. The van der Waals surface area contributed by atoms with E-state index < -0.39 is 30.1 Å². The Morgan fingerprint density at radius 2 is 1.44 bits per heavy atom. The van der Waals surface area contributed by atoms with Crippen LogP contribution >= 0.6 is 0 Å². The van der Waals surface area contributed by atoms with Crippen molar-refractivity contribution in [3.8, 4) is 11.1 Å². The maximum atomic E-state index is 13.0. The molecule has 182 valence electrons. The predicted molar refractivity (Wildman–Crippen MR) is 130 cm³/mol. The van der Waals surface area contributed by atoms with Crippen LogP contribution in [0.4, 0.5) is 4.79 Å². The maximum Gasteiger partial charge on any atom is 0.407 e. The number of rotatable bonds is 9. The van der Waals surface area contributed by atoms with E-state index in [0.717, 1.165) is 22.3 Å². The van der Waals surface area contributed by atoms with Gasteiger partial charge in [0.15, 0.2) is 0 Å². The molecule has 0 bridgehead atoms. The Balaban J connectivity index is 1.69. The summed E-state index contributed by atoms with van der Waals surface area (Å²) in [6.45, 7) is 7.60. The SMILES string of the molecule is CC[C@H](C)[C@H](NC(=O)OCC1c2ccccc2-c2ccccc21)C(=O)N[C@H](C(=O)OC)C(C)C. The van der Waals surface area contributed by atoms with Crippen LogP contribution in [0.15, 0.2) is 48.5 Å². The zero-order valence-corrected chi connectivity index (χ0v) is 20.5. The van der Waals surface area contributed by atoms with Crippen molar-refractivity contribution in [2.75, 3.05) is 13.7 Å². The van der Waals surface area contributed by atoms with Gasteiger partial charge in [-0.25, -0.2) is 9.59 Å². The highest BCUT2D eigenvalue weighted by Gasteiger charge is 2.33. The van der Waals surface area contributed by atoms with Gasteiger partial charge in [0.05, 0.1) is 7.11 Å². The fourth-order valence-electron chi connectivity index (χ4n) is 4.34. The lowest BCUT2D eigenvalue weighted by Gasteiger charge is -2.27. The number of methoxy groups -OCH3 is 1. The van der Waals surface area contributed by atoms with E-state index in [9.17, 15) is 14.4 Å². The predicted octanol–water partition coefficient (Wildman–Crippen LogP) is 4.25. The molecular formula is C27H34N2O5.